The van der Waals surface area contributed by atoms with Crippen LogP contribution in [0, 0.1) is 0 Å². The van der Waals surface area contributed by atoms with Gasteiger partial charge in [-0.25, -0.2) is 9.67 Å². The van der Waals surface area contributed by atoms with Crippen molar-refractivity contribution >= 4 is 42.6 Å². The first kappa shape index (κ1) is 17.7. The molecule has 0 unspecified atom stereocenters. The molecule has 0 N–H and O–H groups in total. The summed E-state index contributed by atoms with van der Waals surface area (Å²) in [5.41, 5.74) is 0.664. The van der Waals surface area contributed by atoms with Gasteiger partial charge in [-0.1, -0.05) is 32.4 Å². The highest BCUT2D eigenvalue weighted by atomic mass is 35.5. The van der Waals surface area contributed by atoms with Crippen LogP contribution in [-0.2, 0) is 11.0 Å². The molecule has 0 radical (unpaired) electrons. The summed E-state index contributed by atoms with van der Waals surface area (Å²) < 4.78 is 7.93. The fraction of sp³-hybridized carbons (Fsp3) is 0.643. The maximum absolute atomic E-state index is 6.16. The zero-order valence-corrected chi connectivity index (χ0v) is 16.2. The van der Waals surface area contributed by atoms with Gasteiger partial charge in [-0.05, 0) is 36.2 Å². The molecule has 0 spiro atoms. The first-order chi connectivity index (χ1) is 10.1. The van der Waals surface area contributed by atoms with Crippen LogP contribution in [0.4, 0.5) is 0 Å². The third kappa shape index (κ3) is 3.79. The number of halogens is 2. The normalized spacial score (nSPS) is 13.0. The third-order valence-corrected chi connectivity index (χ3v) is 9.20. The van der Waals surface area contributed by atoms with Crippen LogP contribution in [0.2, 0.25) is 28.6 Å². The van der Waals surface area contributed by atoms with E-state index in [-0.39, 0.29) is 10.3 Å². The second kappa shape index (κ2) is 6.43. The van der Waals surface area contributed by atoms with E-state index in [1.165, 1.54) is 0 Å². The minimum atomic E-state index is -1.70. The molecular weight excluding hydrogens is 339 g/mol. The fourth-order valence-electron chi connectivity index (χ4n) is 1.82. The molecule has 0 aromatic carbocycles. The number of hydrogen-bond acceptors (Lipinski definition) is 4. The van der Waals surface area contributed by atoms with E-state index >= 15 is 0 Å². The van der Waals surface area contributed by atoms with Crippen LogP contribution in [-0.4, -0.2) is 34.7 Å². The van der Waals surface area contributed by atoms with Gasteiger partial charge in [-0.2, -0.15) is 10.1 Å². The average Bonchev–Trinajstić information content (AvgIpc) is 2.70. The lowest BCUT2D eigenvalue weighted by Gasteiger charge is -2.36. The van der Waals surface area contributed by atoms with Crippen molar-refractivity contribution in [3.8, 4) is 0 Å². The molecule has 0 fully saturated rings. The summed E-state index contributed by atoms with van der Waals surface area (Å²) in [7, 11) is -1.70. The molecule has 0 aliphatic carbocycles. The number of fused-ring (bicyclic) bond motifs is 1. The van der Waals surface area contributed by atoms with Crippen LogP contribution in [0.1, 0.15) is 27.2 Å². The molecule has 5 nitrogen and oxygen atoms in total. The second-order valence-electron chi connectivity index (χ2n) is 6.85. The first-order valence-electron chi connectivity index (χ1n) is 7.30. The molecule has 2 heterocycles. The van der Waals surface area contributed by atoms with Gasteiger partial charge in [-0.15, -0.1) is 0 Å². The Bertz CT molecular complexity index is 667. The lowest BCUT2D eigenvalue weighted by Crippen LogP contribution is -2.41. The number of aromatic nitrogens is 4. The summed E-state index contributed by atoms with van der Waals surface area (Å²) >= 11 is 11.9. The fourth-order valence-corrected chi connectivity index (χ4v) is 3.26. The Balaban J connectivity index is 2.00. The van der Waals surface area contributed by atoms with E-state index in [2.05, 4.69) is 48.9 Å². The number of rotatable bonds is 5. The summed E-state index contributed by atoms with van der Waals surface area (Å²) in [6.45, 7) is 12.6. The van der Waals surface area contributed by atoms with Crippen molar-refractivity contribution in [2.75, 3.05) is 6.61 Å². The van der Waals surface area contributed by atoms with E-state index in [9.17, 15) is 0 Å². The SMILES string of the molecule is CC(C)(C)[Si](C)(C)OCCCn1nc(Cl)c2cnc(Cl)nc21. The van der Waals surface area contributed by atoms with Gasteiger partial charge < -0.3 is 4.43 Å². The van der Waals surface area contributed by atoms with Crippen molar-refractivity contribution in [1.82, 2.24) is 19.7 Å². The maximum Gasteiger partial charge on any atom is 0.224 e. The molecule has 8 heteroatoms. The average molecular weight is 361 g/mol. The van der Waals surface area contributed by atoms with Gasteiger partial charge in [0.2, 0.25) is 5.28 Å². The summed E-state index contributed by atoms with van der Waals surface area (Å²) in [5.74, 6) is 0. The highest BCUT2D eigenvalue weighted by molar-refractivity contribution is 6.74. The number of aryl methyl sites for hydroxylation is 1. The van der Waals surface area contributed by atoms with Crippen molar-refractivity contribution in [1.29, 1.82) is 0 Å². The van der Waals surface area contributed by atoms with Crippen LogP contribution in [0.25, 0.3) is 11.0 Å². The quantitative estimate of drug-likeness (QED) is 0.446. The summed E-state index contributed by atoms with van der Waals surface area (Å²) in [5, 5.41) is 5.82. The Hall–Kier alpha value is -0.693. The highest BCUT2D eigenvalue weighted by Gasteiger charge is 2.36. The molecule has 0 saturated carbocycles. The van der Waals surface area contributed by atoms with E-state index in [0.29, 0.717) is 24.0 Å². The van der Waals surface area contributed by atoms with Crippen LogP contribution in [0.15, 0.2) is 6.20 Å². The smallest absolute Gasteiger partial charge is 0.224 e. The van der Waals surface area contributed by atoms with Crippen LogP contribution in [0.5, 0.6) is 0 Å². The molecular formula is C14H22Cl2N4OSi. The van der Waals surface area contributed by atoms with Gasteiger partial charge in [0.05, 0.1) is 5.39 Å². The van der Waals surface area contributed by atoms with E-state index in [1.807, 2.05) is 0 Å². The zero-order valence-electron chi connectivity index (χ0n) is 13.7. The summed E-state index contributed by atoms with van der Waals surface area (Å²) in [4.78, 5) is 8.14. The van der Waals surface area contributed by atoms with Crippen molar-refractivity contribution < 1.29 is 4.43 Å². The van der Waals surface area contributed by atoms with Gasteiger partial charge in [0.1, 0.15) is 0 Å². The van der Waals surface area contributed by atoms with Crippen molar-refractivity contribution in [2.45, 2.75) is 51.9 Å². The van der Waals surface area contributed by atoms with Gasteiger partial charge in [-0.3, -0.25) is 0 Å². The molecule has 2 aromatic heterocycles. The monoisotopic (exact) mass is 360 g/mol. The molecule has 22 heavy (non-hydrogen) atoms. The topological polar surface area (TPSA) is 52.8 Å². The largest absolute Gasteiger partial charge is 0.417 e. The summed E-state index contributed by atoms with van der Waals surface area (Å²) in [6.07, 6.45) is 2.45. The predicted molar refractivity (Wildman–Crippen MR) is 93.1 cm³/mol. The first-order valence-corrected chi connectivity index (χ1v) is 11.0. The molecule has 0 amide bonds. The lowest BCUT2D eigenvalue weighted by atomic mass is 10.2. The molecule has 0 atom stereocenters. The highest BCUT2D eigenvalue weighted by Crippen LogP contribution is 2.36. The molecule has 0 saturated heterocycles. The van der Waals surface area contributed by atoms with Crippen molar-refractivity contribution in [3.63, 3.8) is 0 Å². The Morgan fingerprint density at radius 2 is 1.95 bits per heavy atom. The Morgan fingerprint density at radius 1 is 1.27 bits per heavy atom. The molecule has 2 rings (SSSR count). The third-order valence-electron chi connectivity index (χ3n) is 4.20. The van der Waals surface area contributed by atoms with E-state index in [1.54, 1.807) is 10.9 Å². The van der Waals surface area contributed by atoms with Gasteiger partial charge in [0, 0.05) is 19.3 Å². The van der Waals surface area contributed by atoms with Crippen LogP contribution >= 0.6 is 23.2 Å². The maximum atomic E-state index is 6.16. The predicted octanol–water partition coefficient (Wildman–Crippen LogP) is 4.55. The number of nitrogens with zero attached hydrogens (tertiary/aromatic N) is 4. The van der Waals surface area contributed by atoms with Crippen molar-refractivity contribution in [3.05, 3.63) is 16.6 Å². The van der Waals surface area contributed by atoms with E-state index in [4.69, 9.17) is 27.6 Å². The minimum Gasteiger partial charge on any atom is -0.417 e. The molecule has 0 aliphatic rings. The van der Waals surface area contributed by atoms with Gasteiger partial charge in [0.25, 0.3) is 0 Å². The second-order valence-corrected chi connectivity index (χ2v) is 12.4. The minimum absolute atomic E-state index is 0.197. The van der Waals surface area contributed by atoms with Crippen LogP contribution in [0.3, 0.4) is 0 Å². The molecule has 0 bridgehead atoms. The Labute approximate surface area is 142 Å². The van der Waals surface area contributed by atoms with Crippen molar-refractivity contribution in [2.24, 2.45) is 0 Å². The molecule has 0 aliphatic heterocycles. The molecule has 2 aromatic rings. The summed E-state index contributed by atoms with van der Waals surface area (Å²) in [6, 6.07) is 0. The van der Waals surface area contributed by atoms with E-state index in [0.717, 1.165) is 11.8 Å². The van der Waals surface area contributed by atoms with E-state index < -0.39 is 8.32 Å². The Morgan fingerprint density at radius 3 is 2.59 bits per heavy atom. The number of hydrogen-bond donors (Lipinski definition) is 0. The van der Waals surface area contributed by atoms with Gasteiger partial charge in [0.15, 0.2) is 19.1 Å². The standard InChI is InChI=1S/C14H22Cl2N4OSi/c1-14(2,3)22(4,5)21-8-6-7-20-12-10(11(15)19-20)9-17-13(16)18-12/h9H,6-8H2,1-5H3. The molecule has 122 valence electrons. The Kier molecular flexibility index (Phi) is 5.16. The zero-order chi connectivity index (χ0) is 16.5. The van der Waals surface area contributed by atoms with Crippen LogP contribution < -0.4 is 0 Å². The van der Waals surface area contributed by atoms with Gasteiger partial charge >= 0.3 is 0 Å². The lowest BCUT2D eigenvalue weighted by molar-refractivity contribution is 0.273.